The van der Waals surface area contributed by atoms with E-state index in [9.17, 15) is 0 Å². The fraction of sp³-hybridized carbons (Fsp3) is 1.00. The van der Waals surface area contributed by atoms with Gasteiger partial charge in [0.2, 0.25) is 0 Å². The van der Waals surface area contributed by atoms with Gasteiger partial charge >= 0.3 is 0 Å². The summed E-state index contributed by atoms with van der Waals surface area (Å²) < 4.78 is 0. The number of rotatable bonds is 0. The Labute approximate surface area is 80.0 Å². The Hall–Kier alpha value is 1.60. The van der Waals surface area contributed by atoms with Gasteiger partial charge in [0.15, 0.2) is 0 Å². The van der Waals surface area contributed by atoms with Gasteiger partial charge in [-0.25, -0.2) is 0 Å². The monoisotopic (exact) mass is 308 g/mol. The zero-order valence-electron chi connectivity index (χ0n) is 1.00. The van der Waals surface area contributed by atoms with Crippen molar-refractivity contribution in [3.63, 3.8) is 0 Å². The molecule has 0 unspecified atom stereocenters. The van der Waals surface area contributed by atoms with E-state index in [1.807, 2.05) is 0 Å². The Balaban J connectivity index is 0. The largest absolute Gasteiger partial charge is 0.0776 e. The molecule has 0 aromatic carbocycles. The average molecular weight is 306 g/mol. The van der Waals surface area contributed by atoms with Crippen LogP contribution in [0.15, 0.2) is 0 Å². The minimum Gasteiger partial charge on any atom is -0.0776 e. The summed E-state index contributed by atoms with van der Waals surface area (Å²) in [6.45, 7) is 0. The van der Waals surface area contributed by atoms with Crippen molar-refractivity contribution in [1.82, 2.24) is 0 Å². The van der Waals surface area contributed by atoms with Crippen molar-refractivity contribution in [2.45, 2.75) is 29.7 Å². The second-order valence-electron chi connectivity index (χ2n) is 0. The minimum atomic E-state index is 0. The molecule has 0 aliphatic heterocycles. The van der Waals surface area contributed by atoms with Crippen LogP contribution >= 0.6 is 0 Å². The molecule has 0 aromatic heterocycles. The smallest absolute Gasteiger partial charge is 0 e. The molecule has 0 nitrogen and oxygen atoms in total. The molecule has 0 N–H and O–H groups in total. The summed E-state index contributed by atoms with van der Waals surface area (Å²) in [6, 6.07) is 0. The van der Waals surface area contributed by atoms with Crippen molar-refractivity contribution in [2.75, 3.05) is 0 Å². The second kappa shape index (κ2) is 81.0. The van der Waals surface area contributed by atoms with E-state index < -0.39 is 0 Å². The van der Waals surface area contributed by atoms with Gasteiger partial charge in [0.05, 0.1) is 0 Å². The van der Waals surface area contributed by atoms with Crippen LogP contribution in [0.5, 0.6) is 0 Å². The first-order chi connectivity index (χ1) is 0. The molecule has 0 amide bonds. The maximum absolute atomic E-state index is 0. The van der Waals surface area contributed by atoms with Crippen molar-refractivity contribution >= 4 is 47.8 Å². The minimum absolute atomic E-state index is 0. The molecule has 0 saturated carbocycles. The molecule has 0 saturated heterocycles. The van der Waals surface area contributed by atoms with Gasteiger partial charge in [-0.2, -0.15) is 0 Å². The maximum Gasteiger partial charge on any atom is 0 e. The van der Waals surface area contributed by atoms with Gasteiger partial charge in [-0.05, 0) is 0 Å². The Kier molecular flexibility index (Phi) is 1750. The maximum atomic E-state index is 0. The van der Waals surface area contributed by atoms with Crippen molar-refractivity contribution in [3.8, 4) is 0 Å². The van der Waals surface area contributed by atoms with Crippen LogP contribution in [0.1, 0.15) is 32.6 Å². The third-order valence-electron chi connectivity index (χ3n) is 0. The van der Waals surface area contributed by atoms with E-state index in [0.717, 1.165) is 0 Å². The van der Waals surface area contributed by atoms with E-state index in [-0.39, 0.29) is 80.4 Å². The molecular weight excluding hydrogens is 285 g/mol. The summed E-state index contributed by atoms with van der Waals surface area (Å²) in [5, 5.41) is 0. The van der Waals surface area contributed by atoms with Gasteiger partial charge in [-0.1, -0.05) is 29.7 Å². The van der Waals surface area contributed by atoms with Gasteiger partial charge in [0, 0.05) is 50.7 Å². The first kappa shape index (κ1) is 130. The summed E-state index contributed by atoms with van der Waals surface area (Å²) in [6.07, 6.45) is 0. The predicted octanol–water partition coefficient (Wildman–Crippen LogP) is 2.27. The van der Waals surface area contributed by atoms with E-state index in [1.54, 1.807) is 0 Å². The molecule has 0 heterocycles. The zero-order valence-corrected chi connectivity index (χ0v) is 6.71. The molecule has 0 atom stereocenters. The molecule has 0 aromatic rings. The van der Waals surface area contributed by atoms with Gasteiger partial charge in [0.25, 0.3) is 0 Å². The molecule has 6 heavy (non-hydrogen) atoms. The molecule has 2 heteroatoms. The van der Waals surface area contributed by atoms with Gasteiger partial charge in [0.1, 0.15) is 0 Å². The SMILES string of the molecule is C.C.C.C.[HH].[HH].[Sn].[Sn]. The Morgan fingerprint density at radius 3 is 0.500 bits per heavy atom. The molecule has 0 spiro atoms. The summed E-state index contributed by atoms with van der Waals surface area (Å²) in [5.41, 5.74) is 0. The molecular formula is C4H20Sn2. The molecule has 0 aliphatic carbocycles. The van der Waals surface area contributed by atoms with E-state index >= 15 is 0 Å². The summed E-state index contributed by atoms with van der Waals surface area (Å²) >= 11 is 0. The first-order valence-corrected chi connectivity index (χ1v) is 0. The van der Waals surface area contributed by atoms with Crippen LogP contribution in [0.25, 0.3) is 0 Å². The normalized spacial score (nSPS) is 0. The van der Waals surface area contributed by atoms with Crippen LogP contribution in [0.4, 0.5) is 0 Å². The molecule has 0 aliphatic rings. The topological polar surface area (TPSA) is 0 Å². The molecule has 0 rings (SSSR count). The van der Waals surface area contributed by atoms with Crippen molar-refractivity contribution < 1.29 is 2.85 Å². The Bertz CT molecular complexity index is 12.0. The molecule has 0 fully saturated rings. The quantitative estimate of drug-likeness (QED) is 0.602. The molecule has 0 bridgehead atoms. The van der Waals surface area contributed by atoms with Crippen LogP contribution in [0, 0.1) is 0 Å². The van der Waals surface area contributed by atoms with Gasteiger partial charge < -0.3 is 0 Å². The summed E-state index contributed by atoms with van der Waals surface area (Å²) in [7, 11) is 0. The second-order valence-corrected chi connectivity index (χ2v) is 0. The Morgan fingerprint density at radius 1 is 0.500 bits per heavy atom. The van der Waals surface area contributed by atoms with E-state index in [4.69, 9.17) is 0 Å². The van der Waals surface area contributed by atoms with Crippen LogP contribution in [0.2, 0.25) is 0 Å². The van der Waals surface area contributed by atoms with Crippen LogP contribution in [-0.2, 0) is 0 Å². The van der Waals surface area contributed by atoms with Crippen LogP contribution in [0.3, 0.4) is 0 Å². The summed E-state index contributed by atoms with van der Waals surface area (Å²) in [5.74, 6) is 0. The van der Waals surface area contributed by atoms with Crippen LogP contribution in [-0.4, -0.2) is 47.8 Å². The summed E-state index contributed by atoms with van der Waals surface area (Å²) in [4.78, 5) is 0. The third-order valence-corrected chi connectivity index (χ3v) is 0. The Morgan fingerprint density at radius 2 is 0.500 bits per heavy atom. The van der Waals surface area contributed by atoms with Gasteiger partial charge in [-0.3, -0.25) is 0 Å². The van der Waals surface area contributed by atoms with Crippen molar-refractivity contribution in [3.05, 3.63) is 0 Å². The van der Waals surface area contributed by atoms with E-state index in [0.29, 0.717) is 0 Å². The zero-order chi connectivity index (χ0) is 0. The van der Waals surface area contributed by atoms with Gasteiger partial charge in [-0.15, -0.1) is 0 Å². The molecule has 44 valence electrons. The number of hydrogen-bond donors (Lipinski definition) is 0. The standard InChI is InChI=1S/4CH4.2Sn.2H2/h4*1H4;;;2*1H. The molecule has 8 radical (unpaired) electrons. The first-order valence-electron chi connectivity index (χ1n) is 0. The van der Waals surface area contributed by atoms with Crippen molar-refractivity contribution in [2.24, 2.45) is 0 Å². The van der Waals surface area contributed by atoms with E-state index in [1.165, 1.54) is 0 Å². The fourth-order valence-corrected chi connectivity index (χ4v) is 0. The average Bonchev–Trinajstić information content (AvgIpc) is 0. The van der Waals surface area contributed by atoms with E-state index in [2.05, 4.69) is 0 Å². The predicted molar refractivity (Wildman–Crippen MR) is 42.7 cm³/mol. The van der Waals surface area contributed by atoms with Crippen molar-refractivity contribution in [1.29, 1.82) is 0 Å². The number of hydrogen-bond acceptors (Lipinski definition) is 0. The van der Waals surface area contributed by atoms with Crippen LogP contribution < -0.4 is 0 Å². The fourth-order valence-electron chi connectivity index (χ4n) is 0. The third kappa shape index (κ3) is 46.4.